The SMILES string of the molecule is CON1N=C(C)N(c2cccc(Nc3ncc(F)c(NC4CC(C)(C)NC(C)(C)C4)n3)c2)N1. The molecular weight excluding hydrogens is 425 g/mol. The van der Waals surface area contributed by atoms with E-state index in [1.54, 1.807) is 5.01 Å². The second kappa shape index (κ2) is 8.73. The van der Waals surface area contributed by atoms with E-state index < -0.39 is 5.82 Å². The fourth-order valence-corrected chi connectivity index (χ4v) is 4.68. The van der Waals surface area contributed by atoms with Crippen LogP contribution < -0.4 is 26.5 Å². The quantitative estimate of drug-likeness (QED) is 0.519. The van der Waals surface area contributed by atoms with E-state index in [9.17, 15) is 4.39 Å². The zero-order chi connectivity index (χ0) is 23.8. The Morgan fingerprint density at radius 3 is 2.58 bits per heavy atom. The topological polar surface area (TPSA) is 102 Å². The monoisotopic (exact) mass is 457 g/mol. The Morgan fingerprint density at radius 1 is 1.18 bits per heavy atom. The molecule has 11 heteroatoms. The minimum atomic E-state index is -0.476. The van der Waals surface area contributed by atoms with E-state index in [-0.39, 0.29) is 22.9 Å². The summed E-state index contributed by atoms with van der Waals surface area (Å²) in [6.45, 7) is 10.5. The van der Waals surface area contributed by atoms with Gasteiger partial charge in [0, 0.05) is 22.8 Å². The van der Waals surface area contributed by atoms with E-state index in [4.69, 9.17) is 4.84 Å². The van der Waals surface area contributed by atoms with Crippen LogP contribution in [0.3, 0.4) is 0 Å². The van der Waals surface area contributed by atoms with Crippen LogP contribution in [-0.4, -0.2) is 45.3 Å². The van der Waals surface area contributed by atoms with Crippen LogP contribution in [-0.2, 0) is 4.84 Å². The Balaban J connectivity index is 1.49. The lowest BCUT2D eigenvalue weighted by atomic mass is 9.79. The molecule has 178 valence electrons. The number of hydrogen-bond acceptors (Lipinski definition) is 10. The van der Waals surface area contributed by atoms with Gasteiger partial charge in [-0.1, -0.05) is 16.9 Å². The third-order valence-corrected chi connectivity index (χ3v) is 5.55. The second-order valence-electron chi connectivity index (χ2n) is 9.75. The Labute approximate surface area is 193 Å². The van der Waals surface area contributed by atoms with Crippen LogP contribution in [0, 0.1) is 5.82 Å². The smallest absolute Gasteiger partial charge is 0.229 e. The van der Waals surface area contributed by atoms with Crippen molar-refractivity contribution in [2.45, 2.75) is 64.6 Å². The zero-order valence-corrected chi connectivity index (χ0v) is 19.9. The molecule has 0 radical (unpaired) electrons. The van der Waals surface area contributed by atoms with E-state index >= 15 is 0 Å². The molecule has 2 aliphatic rings. The number of amidine groups is 1. The summed E-state index contributed by atoms with van der Waals surface area (Å²) in [5, 5.41) is 17.4. The number of aromatic nitrogens is 2. The van der Waals surface area contributed by atoms with Crippen LogP contribution in [0.2, 0.25) is 0 Å². The van der Waals surface area contributed by atoms with Gasteiger partial charge in [-0.2, -0.15) is 4.98 Å². The Kier molecular flexibility index (Phi) is 6.12. The van der Waals surface area contributed by atoms with Crippen LogP contribution in [0.15, 0.2) is 35.6 Å². The van der Waals surface area contributed by atoms with Crippen LogP contribution in [0.1, 0.15) is 47.5 Å². The second-order valence-corrected chi connectivity index (χ2v) is 9.75. The number of hydrazine groups is 2. The van der Waals surface area contributed by atoms with Crippen molar-refractivity contribution in [2.75, 3.05) is 22.8 Å². The van der Waals surface area contributed by atoms with Crippen LogP contribution in [0.4, 0.5) is 27.5 Å². The minimum Gasteiger partial charge on any atom is -0.365 e. The molecular formula is C22H32FN9O. The Hall–Kier alpha value is -3.02. The molecule has 10 nitrogen and oxygen atoms in total. The maximum atomic E-state index is 14.6. The fourth-order valence-electron chi connectivity index (χ4n) is 4.68. The lowest BCUT2D eigenvalue weighted by Crippen LogP contribution is -2.60. The number of hydrogen-bond donors (Lipinski definition) is 4. The van der Waals surface area contributed by atoms with Crippen LogP contribution in [0.25, 0.3) is 0 Å². The maximum Gasteiger partial charge on any atom is 0.229 e. The molecule has 2 aliphatic heterocycles. The van der Waals surface area contributed by atoms with Gasteiger partial charge in [-0.25, -0.2) is 19.2 Å². The third-order valence-electron chi connectivity index (χ3n) is 5.55. The first kappa shape index (κ1) is 23.1. The van der Waals surface area contributed by atoms with Gasteiger partial charge in [-0.3, -0.25) is 0 Å². The number of rotatable bonds is 6. The molecule has 0 unspecified atom stereocenters. The highest BCUT2D eigenvalue weighted by Crippen LogP contribution is 2.31. The standard InChI is InChI=1S/C22H32FN9O/c1-14-28-32(33-6)30-31(14)17-9-7-8-15(10-17)26-20-24-13-18(23)19(27-20)25-16-11-21(2,3)29-22(4,5)12-16/h7-10,13,16,29-30H,11-12H2,1-6H3,(H2,24,25,26,27). The van der Waals surface area contributed by atoms with Gasteiger partial charge in [0.05, 0.1) is 19.0 Å². The predicted molar refractivity (Wildman–Crippen MR) is 127 cm³/mol. The average Bonchev–Trinajstić information content (AvgIpc) is 3.09. The summed E-state index contributed by atoms with van der Waals surface area (Å²) in [5.74, 6) is 0.742. The summed E-state index contributed by atoms with van der Waals surface area (Å²) in [6, 6.07) is 7.70. The molecule has 1 aromatic carbocycles. The summed E-state index contributed by atoms with van der Waals surface area (Å²) in [4.78, 5) is 13.6. The molecule has 0 bridgehead atoms. The van der Waals surface area contributed by atoms with Crippen molar-refractivity contribution in [3.8, 4) is 0 Å². The van der Waals surface area contributed by atoms with Crippen molar-refractivity contribution >= 4 is 29.0 Å². The predicted octanol–water partition coefficient (Wildman–Crippen LogP) is 3.52. The molecule has 0 spiro atoms. The first-order valence-electron chi connectivity index (χ1n) is 10.9. The van der Waals surface area contributed by atoms with Crippen LogP contribution >= 0.6 is 0 Å². The van der Waals surface area contributed by atoms with E-state index in [0.717, 1.165) is 24.2 Å². The van der Waals surface area contributed by atoms with Gasteiger partial charge < -0.3 is 16.0 Å². The number of hydrazone groups is 1. The first-order chi connectivity index (χ1) is 15.5. The van der Waals surface area contributed by atoms with E-state index in [1.165, 1.54) is 18.6 Å². The number of nitrogens with one attached hydrogen (secondary N) is 4. The van der Waals surface area contributed by atoms with Gasteiger partial charge in [0.2, 0.25) is 5.95 Å². The average molecular weight is 458 g/mol. The molecule has 1 fully saturated rings. The molecule has 0 aliphatic carbocycles. The van der Waals surface area contributed by atoms with Gasteiger partial charge in [-0.15, -0.1) is 5.10 Å². The van der Waals surface area contributed by atoms with E-state index in [0.29, 0.717) is 11.8 Å². The van der Waals surface area contributed by atoms with Crippen molar-refractivity contribution in [3.63, 3.8) is 0 Å². The lowest BCUT2D eigenvalue weighted by molar-refractivity contribution is -0.162. The molecule has 4 rings (SSSR count). The van der Waals surface area contributed by atoms with Gasteiger partial charge in [0.25, 0.3) is 0 Å². The molecule has 33 heavy (non-hydrogen) atoms. The molecule has 0 atom stereocenters. The highest BCUT2D eigenvalue weighted by atomic mass is 19.1. The molecule has 2 aromatic rings. The summed E-state index contributed by atoms with van der Waals surface area (Å²) in [5.41, 5.74) is 4.45. The minimum absolute atomic E-state index is 0.0616. The van der Waals surface area contributed by atoms with Gasteiger partial charge >= 0.3 is 0 Å². The summed E-state index contributed by atoms with van der Waals surface area (Å²) in [6.07, 6.45) is 2.90. The van der Waals surface area contributed by atoms with Crippen molar-refractivity contribution < 1.29 is 9.23 Å². The van der Waals surface area contributed by atoms with E-state index in [2.05, 4.69) is 64.2 Å². The summed E-state index contributed by atoms with van der Waals surface area (Å²) in [7, 11) is 1.52. The molecule has 1 saturated heterocycles. The van der Waals surface area contributed by atoms with Crippen molar-refractivity contribution in [3.05, 3.63) is 36.3 Å². The molecule has 4 N–H and O–H groups in total. The lowest BCUT2D eigenvalue weighted by Gasteiger charge is -2.46. The van der Waals surface area contributed by atoms with Gasteiger partial charge in [0.1, 0.15) is 5.84 Å². The highest BCUT2D eigenvalue weighted by Gasteiger charge is 2.38. The normalized spacial score (nSPS) is 20.0. The molecule has 0 amide bonds. The first-order valence-corrected chi connectivity index (χ1v) is 10.9. The summed E-state index contributed by atoms with van der Waals surface area (Å²) >= 11 is 0. The molecule has 1 aromatic heterocycles. The van der Waals surface area contributed by atoms with Gasteiger partial charge in [-0.05, 0) is 65.7 Å². The number of halogens is 1. The highest BCUT2D eigenvalue weighted by molar-refractivity contribution is 5.96. The van der Waals surface area contributed by atoms with Crippen LogP contribution in [0.5, 0.6) is 0 Å². The fraction of sp³-hybridized carbons (Fsp3) is 0.500. The third kappa shape index (κ3) is 5.49. The van der Waals surface area contributed by atoms with Gasteiger partial charge in [0.15, 0.2) is 11.6 Å². The molecule has 0 saturated carbocycles. The maximum absolute atomic E-state index is 14.6. The Morgan fingerprint density at radius 2 is 1.91 bits per heavy atom. The zero-order valence-electron chi connectivity index (χ0n) is 19.9. The number of anilines is 4. The Bertz CT molecular complexity index is 1030. The largest absolute Gasteiger partial charge is 0.365 e. The number of piperidine rings is 1. The van der Waals surface area contributed by atoms with E-state index in [1.807, 2.05) is 31.2 Å². The van der Waals surface area contributed by atoms with Crippen molar-refractivity contribution in [1.82, 2.24) is 26.1 Å². The number of nitrogens with zero attached hydrogens (tertiary/aromatic N) is 5. The van der Waals surface area contributed by atoms with Crippen molar-refractivity contribution in [2.24, 2.45) is 5.10 Å². The number of benzene rings is 1. The molecule has 3 heterocycles. The summed E-state index contributed by atoms with van der Waals surface area (Å²) < 4.78 is 14.6. The van der Waals surface area contributed by atoms with Crippen molar-refractivity contribution in [1.29, 1.82) is 0 Å².